The molecule has 0 radical (unpaired) electrons. The van der Waals surface area contributed by atoms with E-state index in [9.17, 15) is 9.59 Å². The number of Topliss-reactive ketones (excluding diaryl/α,β-unsaturated/α-hetero) is 1. The van der Waals surface area contributed by atoms with Crippen molar-refractivity contribution in [3.8, 4) is 11.3 Å². The van der Waals surface area contributed by atoms with Gasteiger partial charge in [-0.25, -0.2) is 5.10 Å². The third-order valence-electron chi connectivity index (χ3n) is 4.91. The molecule has 0 fully saturated rings. The molecule has 4 rings (SSSR count). The Morgan fingerprint density at radius 2 is 1.75 bits per heavy atom. The van der Waals surface area contributed by atoms with Crippen LogP contribution in [0.1, 0.15) is 35.2 Å². The Balaban J connectivity index is 1.59. The van der Waals surface area contributed by atoms with Crippen LogP contribution in [0.3, 0.4) is 0 Å². The van der Waals surface area contributed by atoms with Gasteiger partial charge in [0.2, 0.25) is 0 Å². The van der Waals surface area contributed by atoms with E-state index >= 15 is 0 Å². The largest absolute Gasteiger partial charge is 0.294 e. The number of carbonyl (C=O) groups is 1. The van der Waals surface area contributed by atoms with Crippen LogP contribution in [-0.4, -0.2) is 21.0 Å². The van der Waals surface area contributed by atoms with Crippen molar-refractivity contribution in [2.45, 2.75) is 19.3 Å². The second kappa shape index (κ2) is 7.56. The molecule has 138 valence electrons. The van der Waals surface area contributed by atoms with Gasteiger partial charge in [0.25, 0.3) is 5.56 Å². The minimum absolute atomic E-state index is 0.00551. The Hall–Kier alpha value is -3.60. The van der Waals surface area contributed by atoms with Crippen molar-refractivity contribution >= 4 is 16.6 Å². The Kier molecular flexibility index (Phi) is 4.81. The molecule has 1 N–H and O–H groups in total. The van der Waals surface area contributed by atoms with Crippen LogP contribution in [0.5, 0.6) is 0 Å². The van der Waals surface area contributed by atoms with Gasteiger partial charge in [-0.05, 0) is 40.5 Å². The summed E-state index contributed by atoms with van der Waals surface area (Å²) in [5.41, 5.74) is 2.08. The monoisotopic (exact) mass is 369 g/mol. The summed E-state index contributed by atoms with van der Waals surface area (Å²) < 4.78 is 0. The number of carbonyl (C=O) groups excluding carboxylic acids is 1. The summed E-state index contributed by atoms with van der Waals surface area (Å²) in [4.78, 5) is 29.0. The molecule has 5 heteroatoms. The molecule has 0 saturated heterocycles. The summed E-state index contributed by atoms with van der Waals surface area (Å²) in [5, 5.41) is 8.79. The van der Waals surface area contributed by atoms with Gasteiger partial charge in [-0.15, -0.1) is 0 Å². The van der Waals surface area contributed by atoms with Gasteiger partial charge in [-0.1, -0.05) is 49.4 Å². The smallest absolute Gasteiger partial charge is 0.275 e. The van der Waals surface area contributed by atoms with Gasteiger partial charge in [-0.3, -0.25) is 14.6 Å². The van der Waals surface area contributed by atoms with Crippen LogP contribution in [0.4, 0.5) is 0 Å². The van der Waals surface area contributed by atoms with Gasteiger partial charge in [-0.2, -0.15) is 5.10 Å². The summed E-state index contributed by atoms with van der Waals surface area (Å²) in [6.07, 6.45) is 3.54. The molecule has 0 aliphatic heterocycles. The Morgan fingerprint density at radius 1 is 1.00 bits per heavy atom. The molecule has 2 aromatic heterocycles. The van der Waals surface area contributed by atoms with Crippen LogP contribution in [-0.2, 0) is 0 Å². The number of rotatable bonds is 5. The van der Waals surface area contributed by atoms with E-state index in [0.717, 1.165) is 21.9 Å². The second-order valence-corrected chi connectivity index (χ2v) is 6.87. The average Bonchev–Trinajstić information content (AvgIpc) is 2.74. The molecular weight excluding hydrogens is 350 g/mol. The minimum Gasteiger partial charge on any atom is -0.294 e. The van der Waals surface area contributed by atoms with Crippen molar-refractivity contribution in [3.05, 3.63) is 94.5 Å². The SMILES string of the molecule is C[C@@H](CC(=O)c1cc(-c2ccncc2)n[nH]c1=O)c1ccc2ccccc2c1. The van der Waals surface area contributed by atoms with E-state index < -0.39 is 5.56 Å². The maximum absolute atomic E-state index is 12.8. The molecule has 0 saturated carbocycles. The Morgan fingerprint density at radius 3 is 2.54 bits per heavy atom. The Bertz CT molecular complexity index is 1200. The van der Waals surface area contributed by atoms with E-state index in [-0.39, 0.29) is 23.7 Å². The number of benzene rings is 2. The number of nitrogens with one attached hydrogen (secondary N) is 1. The standard InChI is InChI=1S/C23H19N3O2/c1-15(18-7-6-16-4-2-3-5-19(16)13-18)12-22(27)20-14-21(25-26-23(20)28)17-8-10-24-11-9-17/h2-11,13-15H,12H2,1H3,(H,26,28)/t15-/m0/s1. The molecule has 1 atom stereocenters. The van der Waals surface area contributed by atoms with Crippen LogP contribution < -0.4 is 5.56 Å². The summed E-state index contributed by atoms with van der Waals surface area (Å²) >= 11 is 0. The fourth-order valence-electron chi connectivity index (χ4n) is 3.30. The summed E-state index contributed by atoms with van der Waals surface area (Å²) in [6, 6.07) is 19.5. The first kappa shape index (κ1) is 17.8. The topological polar surface area (TPSA) is 75.7 Å². The molecule has 2 aromatic carbocycles. The van der Waals surface area contributed by atoms with Crippen LogP contribution in [0.2, 0.25) is 0 Å². The molecule has 0 spiro atoms. The number of hydrogen-bond acceptors (Lipinski definition) is 4. The zero-order valence-corrected chi connectivity index (χ0v) is 15.4. The molecule has 0 bridgehead atoms. The lowest BCUT2D eigenvalue weighted by atomic mass is 9.92. The van der Waals surface area contributed by atoms with Crippen LogP contribution >= 0.6 is 0 Å². The molecule has 5 nitrogen and oxygen atoms in total. The van der Waals surface area contributed by atoms with Gasteiger partial charge >= 0.3 is 0 Å². The number of pyridine rings is 1. The van der Waals surface area contributed by atoms with E-state index in [1.165, 1.54) is 0 Å². The lowest BCUT2D eigenvalue weighted by Crippen LogP contribution is -2.20. The van der Waals surface area contributed by atoms with Crippen molar-refractivity contribution < 1.29 is 4.79 Å². The maximum atomic E-state index is 12.8. The van der Waals surface area contributed by atoms with Crippen LogP contribution in [0.25, 0.3) is 22.0 Å². The third-order valence-corrected chi connectivity index (χ3v) is 4.91. The summed E-state index contributed by atoms with van der Waals surface area (Å²) in [7, 11) is 0. The summed E-state index contributed by atoms with van der Waals surface area (Å²) in [6.45, 7) is 2.00. The zero-order valence-electron chi connectivity index (χ0n) is 15.4. The van der Waals surface area contributed by atoms with Crippen LogP contribution in [0.15, 0.2) is 77.9 Å². The van der Waals surface area contributed by atoms with Crippen molar-refractivity contribution in [2.24, 2.45) is 0 Å². The van der Waals surface area contributed by atoms with E-state index in [2.05, 4.69) is 39.4 Å². The average molecular weight is 369 g/mol. The van der Waals surface area contributed by atoms with Gasteiger partial charge in [0.15, 0.2) is 5.78 Å². The van der Waals surface area contributed by atoms with Gasteiger partial charge in [0.05, 0.1) is 11.3 Å². The number of hydrogen-bond donors (Lipinski definition) is 1. The molecule has 2 heterocycles. The van der Waals surface area contributed by atoms with Crippen molar-refractivity contribution in [3.63, 3.8) is 0 Å². The molecule has 0 unspecified atom stereocenters. The number of H-pyrrole nitrogens is 1. The molecule has 0 aliphatic carbocycles. The highest BCUT2D eigenvalue weighted by Crippen LogP contribution is 2.25. The highest BCUT2D eigenvalue weighted by molar-refractivity contribution is 5.97. The summed E-state index contributed by atoms with van der Waals surface area (Å²) in [5.74, 6) is -0.200. The first-order valence-corrected chi connectivity index (χ1v) is 9.14. The fraction of sp³-hybridized carbons (Fsp3) is 0.130. The van der Waals surface area contributed by atoms with E-state index in [4.69, 9.17) is 0 Å². The lowest BCUT2D eigenvalue weighted by molar-refractivity contribution is 0.0974. The quantitative estimate of drug-likeness (QED) is 0.530. The number of nitrogens with zero attached hydrogens (tertiary/aromatic N) is 2. The lowest BCUT2D eigenvalue weighted by Gasteiger charge is -2.12. The van der Waals surface area contributed by atoms with Crippen molar-refractivity contribution in [1.29, 1.82) is 0 Å². The van der Waals surface area contributed by atoms with E-state index in [0.29, 0.717) is 5.69 Å². The first-order chi connectivity index (χ1) is 13.6. The second-order valence-electron chi connectivity index (χ2n) is 6.87. The molecule has 28 heavy (non-hydrogen) atoms. The highest BCUT2D eigenvalue weighted by atomic mass is 16.1. The highest BCUT2D eigenvalue weighted by Gasteiger charge is 2.17. The van der Waals surface area contributed by atoms with Gasteiger partial charge in [0, 0.05) is 24.4 Å². The van der Waals surface area contributed by atoms with E-state index in [1.54, 1.807) is 30.6 Å². The van der Waals surface area contributed by atoms with Crippen molar-refractivity contribution in [1.82, 2.24) is 15.2 Å². The fourth-order valence-corrected chi connectivity index (χ4v) is 3.30. The third kappa shape index (κ3) is 3.60. The Labute approximate surface area is 162 Å². The zero-order chi connectivity index (χ0) is 19.5. The molecule has 4 aromatic rings. The first-order valence-electron chi connectivity index (χ1n) is 9.14. The number of aromatic nitrogens is 3. The normalized spacial score (nSPS) is 12.0. The maximum Gasteiger partial charge on any atom is 0.275 e. The predicted octanol–water partition coefficient (Wildman–Crippen LogP) is 4.36. The minimum atomic E-state index is -0.464. The van der Waals surface area contributed by atoms with Crippen LogP contribution in [0, 0.1) is 0 Å². The van der Waals surface area contributed by atoms with Crippen molar-refractivity contribution in [2.75, 3.05) is 0 Å². The molecule has 0 aliphatic rings. The van der Waals surface area contributed by atoms with Gasteiger partial charge < -0.3 is 0 Å². The number of ketones is 1. The van der Waals surface area contributed by atoms with E-state index in [1.807, 2.05) is 25.1 Å². The predicted molar refractivity (Wildman–Crippen MR) is 109 cm³/mol. The van der Waals surface area contributed by atoms with Gasteiger partial charge in [0.1, 0.15) is 0 Å². The number of fused-ring (bicyclic) bond motifs is 1. The molecule has 0 amide bonds. The number of aromatic amines is 1. The molecular formula is C23H19N3O2.